The molecule has 0 unspecified atom stereocenters. The van der Waals surface area contributed by atoms with E-state index in [0.717, 1.165) is 35.6 Å². The predicted molar refractivity (Wildman–Crippen MR) is 74.7 cm³/mol. The van der Waals surface area contributed by atoms with Crippen LogP contribution < -0.4 is 11.5 Å². The zero-order valence-electron chi connectivity index (χ0n) is 9.96. The summed E-state index contributed by atoms with van der Waals surface area (Å²) in [5, 5.41) is 0. The van der Waals surface area contributed by atoms with Gasteiger partial charge in [-0.2, -0.15) is 0 Å². The van der Waals surface area contributed by atoms with Gasteiger partial charge in [-0.15, -0.1) is 11.3 Å². The quantitative estimate of drug-likeness (QED) is 0.630. The van der Waals surface area contributed by atoms with E-state index in [0.29, 0.717) is 6.54 Å². The van der Waals surface area contributed by atoms with Gasteiger partial charge in [0.1, 0.15) is 0 Å². The Labute approximate surface area is 107 Å². The lowest BCUT2D eigenvalue weighted by Gasteiger charge is -1.91. The van der Waals surface area contributed by atoms with Gasteiger partial charge in [-0.05, 0) is 31.5 Å². The van der Waals surface area contributed by atoms with Gasteiger partial charge in [-0.25, -0.2) is 0 Å². The molecule has 1 aromatic rings. The summed E-state index contributed by atoms with van der Waals surface area (Å²) >= 11 is 1.62. The maximum atomic E-state index is 5.42. The summed E-state index contributed by atoms with van der Waals surface area (Å²) in [7, 11) is 0. The van der Waals surface area contributed by atoms with Crippen molar-refractivity contribution >= 4 is 11.3 Å². The van der Waals surface area contributed by atoms with Crippen molar-refractivity contribution in [3.8, 4) is 23.7 Å². The smallest absolute Gasteiger partial charge is 0.0782 e. The van der Waals surface area contributed by atoms with E-state index in [1.807, 2.05) is 12.1 Å². The fraction of sp³-hybridized carbons (Fsp3) is 0.429. The molecule has 0 saturated carbocycles. The maximum Gasteiger partial charge on any atom is 0.0782 e. The Morgan fingerprint density at radius 1 is 0.941 bits per heavy atom. The molecule has 90 valence electrons. The number of rotatable bonds is 4. The fourth-order valence-corrected chi connectivity index (χ4v) is 2.05. The van der Waals surface area contributed by atoms with Gasteiger partial charge < -0.3 is 11.5 Å². The minimum Gasteiger partial charge on any atom is -0.330 e. The van der Waals surface area contributed by atoms with E-state index < -0.39 is 0 Å². The highest BCUT2D eigenvalue weighted by Crippen LogP contribution is 2.13. The lowest BCUT2D eigenvalue weighted by atomic mass is 10.2. The van der Waals surface area contributed by atoms with Crippen LogP contribution >= 0.6 is 11.3 Å². The van der Waals surface area contributed by atoms with Crippen LogP contribution in [0.25, 0.3) is 0 Å². The third-order valence-corrected chi connectivity index (χ3v) is 3.05. The molecule has 1 aromatic heterocycles. The number of hydrogen-bond acceptors (Lipinski definition) is 3. The van der Waals surface area contributed by atoms with E-state index >= 15 is 0 Å². The summed E-state index contributed by atoms with van der Waals surface area (Å²) in [6.07, 6.45) is 4.35. The van der Waals surface area contributed by atoms with E-state index in [9.17, 15) is 0 Å². The third kappa shape index (κ3) is 6.14. The van der Waals surface area contributed by atoms with Crippen LogP contribution in [0.3, 0.4) is 0 Å². The molecule has 3 heteroatoms. The largest absolute Gasteiger partial charge is 0.330 e. The lowest BCUT2D eigenvalue weighted by molar-refractivity contribution is 0.701. The van der Waals surface area contributed by atoms with Crippen molar-refractivity contribution in [3.63, 3.8) is 0 Å². The van der Waals surface area contributed by atoms with Gasteiger partial charge in [0, 0.05) is 6.42 Å². The van der Waals surface area contributed by atoms with Gasteiger partial charge in [0.15, 0.2) is 0 Å². The molecule has 0 aliphatic rings. The van der Waals surface area contributed by atoms with Crippen molar-refractivity contribution in [3.05, 3.63) is 21.9 Å². The molecule has 0 aliphatic carbocycles. The zero-order valence-corrected chi connectivity index (χ0v) is 10.8. The summed E-state index contributed by atoms with van der Waals surface area (Å²) in [4.78, 5) is 2.10. The van der Waals surface area contributed by atoms with Crippen LogP contribution in [0.2, 0.25) is 0 Å². The molecule has 0 aliphatic heterocycles. The second-order valence-electron chi connectivity index (χ2n) is 3.57. The Bertz CT molecular complexity index is 440. The summed E-state index contributed by atoms with van der Waals surface area (Å²) in [5.41, 5.74) is 10.7. The van der Waals surface area contributed by atoms with Crippen molar-refractivity contribution in [2.24, 2.45) is 11.5 Å². The molecule has 0 bridgehead atoms. The standard InChI is InChI=1S/C14H18N2S/c15-11-5-3-1-2-4-7-13-9-10-14(17-13)8-6-12-16/h9-10H,1-3,5,11-12,15-16H2. The molecule has 0 radical (unpaired) electrons. The highest BCUT2D eigenvalue weighted by Gasteiger charge is 1.93. The zero-order chi connectivity index (χ0) is 12.3. The van der Waals surface area contributed by atoms with Crippen molar-refractivity contribution in [2.45, 2.75) is 25.7 Å². The summed E-state index contributed by atoms with van der Waals surface area (Å²) in [6.45, 7) is 1.18. The monoisotopic (exact) mass is 246 g/mol. The average Bonchev–Trinajstić information content (AvgIpc) is 2.79. The average molecular weight is 246 g/mol. The van der Waals surface area contributed by atoms with Crippen molar-refractivity contribution < 1.29 is 0 Å². The molecule has 0 saturated heterocycles. The molecular formula is C14H18N2S. The summed E-state index contributed by atoms with van der Waals surface area (Å²) in [6, 6.07) is 4.00. The molecular weight excluding hydrogens is 228 g/mol. The van der Waals surface area contributed by atoms with E-state index in [1.54, 1.807) is 11.3 Å². The minimum absolute atomic E-state index is 0.403. The molecule has 1 rings (SSSR count). The van der Waals surface area contributed by atoms with Crippen molar-refractivity contribution in [1.82, 2.24) is 0 Å². The Morgan fingerprint density at radius 2 is 1.65 bits per heavy atom. The van der Waals surface area contributed by atoms with Gasteiger partial charge in [0.2, 0.25) is 0 Å². The normalized spacial score (nSPS) is 9.06. The molecule has 2 nitrogen and oxygen atoms in total. The van der Waals surface area contributed by atoms with Crippen molar-refractivity contribution in [2.75, 3.05) is 13.1 Å². The van der Waals surface area contributed by atoms with Crippen LogP contribution in [0.15, 0.2) is 12.1 Å². The van der Waals surface area contributed by atoms with Gasteiger partial charge in [0.05, 0.1) is 16.3 Å². The Hall–Kier alpha value is -1.26. The second kappa shape index (κ2) is 8.84. The molecule has 0 fully saturated rings. The molecule has 17 heavy (non-hydrogen) atoms. The van der Waals surface area contributed by atoms with Gasteiger partial charge >= 0.3 is 0 Å². The summed E-state index contributed by atoms with van der Waals surface area (Å²) in [5.74, 6) is 12.2. The number of unbranched alkanes of at least 4 members (excludes halogenated alkanes) is 3. The van der Waals surface area contributed by atoms with Crippen LogP contribution in [0.5, 0.6) is 0 Å². The molecule has 0 aromatic carbocycles. The first kappa shape index (κ1) is 13.8. The van der Waals surface area contributed by atoms with Gasteiger partial charge in [-0.3, -0.25) is 0 Å². The Morgan fingerprint density at radius 3 is 2.29 bits per heavy atom. The molecule has 4 N–H and O–H groups in total. The number of hydrogen-bond donors (Lipinski definition) is 2. The highest BCUT2D eigenvalue weighted by molar-refractivity contribution is 7.13. The highest BCUT2D eigenvalue weighted by atomic mass is 32.1. The Kier molecular flexibility index (Phi) is 7.18. The van der Waals surface area contributed by atoms with Gasteiger partial charge in [0.25, 0.3) is 0 Å². The maximum absolute atomic E-state index is 5.42. The van der Waals surface area contributed by atoms with Crippen molar-refractivity contribution in [1.29, 1.82) is 0 Å². The van der Waals surface area contributed by atoms with Gasteiger partial charge in [-0.1, -0.05) is 30.1 Å². The number of nitrogens with two attached hydrogens (primary N) is 2. The molecule has 0 spiro atoms. The SMILES string of the molecule is NCC#Cc1ccc(C#CCCCCCN)s1. The molecule has 0 atom stereocenters. The van der Waals surface area contributed by atoms with E-state index in [-0.39, 0.29) is 0 Å². The van der Waals surface area contributed by atoms with E-state index in [4.69, 9.17) is 11.5 Å². The van der Waals surface area contributed by atoms with Crippen LogP contribution in [0.4, 0.5) is 0 Å². The Balaban J connectivity index is 2.36. The predicted octanol–water partition coefficient (Wildman–Crippen LogP) is 1.93. The minimum atomic E-state index is 0.403. The summed E-state index contributed by atoms with van der Waals surface area (Å²) < 4.78 is 0. The second-order valence-corrected chi connectivity index (χ2v) is 4.65. The van der Waals surface area contributed by atoms with E-state index in [1.165, 1.54) is 6.42 Å². The third-order valence-electron chi connectivity index (χ3n) is 2.14. The first-order valence-corrected chi connectivity index (χ1v) is 6.66. The topological polar surface area (TPSA) is 52.0 Å². The fourth-order valence-electron chi connectivity index (χ4n) is 1.29. The first-order chi connectivity index (χ1) is 8.36. The van der Waals surface area contributed by atoms with Crippen LogP contribution in [-0.4, -0.2) is 13.1 Å². The number of thiophene rings is 1. The lowest BCUT2D eigenvalue weighted by Crippen LogP contribution is -1.97. The van der Waals surface area contributed by atoms with Crippen LogP contribution in [0, 0.1) is 23.7 Å². The van der Waals surface area contributed by atoms with E-state index in [2.05, 4.69) is 23.7 Å². The molecule has 1 heterocycles. The van der Waals surface area contributed by atoms with Crippen LogP contribution in [-0.2, 0) is 0 Å². The first-order valence-electron chi connectivity index (χ1n) is 5.84. The van der Waals surface area contributed by atoms with Crippen LogP contribution in [0.1, 0.15) is 35.4 Å². The molecule has 0 amide bonds.